The second kappa shape index (κ2) is 9.28. The zero-order valence-corrected chi connectivity index (χ0v) is 15.1. The minimum atomic E-state index is -0.537. The lowest BCUT2D eigenvalue weighted by molar-refractivity contribution is 0.0300. The monoisotopic (exact) mass is 365 g/mol. The molecule has 2 aromatic rings. The molecule has 0 aliphatic carbocycles. The molecule has 1 aliphatic rings. The molecule has 1 heterocycles. The average molecular weight is 365 g/mol. The number of nitrogens with zero attached hydrogens (tertiary/aromatic N) is 2. The van der Waals surface area contributed by atoms with E-state index in [1.807, 2.05) is 18.2 Å². The number of anilines is 1. The number of amides is 1. The summed E-state index contributed by atoms with van der Waals surface area (Å²) in [4.78, 5) is 14.6. The summed E-state index contributed by atoms with van der Waals surface area (Å²) in [6.07, 6.45) is 0.122. The van der Waals surface area contributed by atoms with Gasteiger partial charge in [-0.05, 0) is 42.3 Å². The van der Waals surface area contributed by atoms with Gasteiger partial charge in [0.2, 0.25) is 0 Å². The summed E-state index contributed by atoms with van der Waals surface area (Å²) in [5.41, 5.74) is 2.35. The predicted octanol–water partition coefficient (Wildman–Crippen LogP) is 2.57. The van der Waals surface area contributed by atoms with Crippen molar-refractivity contribution in [2.75, 3.05) is 38.2 Å². The molecule has 27 heavy (non-hydrogen) atoms. The van der Waals surface area contributed by atoms with Gasteiger partial charge in [0.05, 0.1) is 31.0 Å². The summed E-state index contributed by atoms with van der Waals surface area (Å²) in [5, 5.41) is 22.1. The van der Waals surface area contributed by atoms with Gasteiger partial charge >= 0.3 is 0 Å². The third-order valence-electron chi connectivity index (χ3n) is 4.63. The van der Waals surface area contributed by atoms with E-state index in [1.165, 1.54) is 0 Å². The molecular formula is C21H23N3O3. The zero-order chi connectivity index (χ0) is 19.1. The minimum absolute atomic E-state index is 0.271. The number of aliphatic hydroxyl groups excluding tert-OH is 1. The Labute approximate surface area is 159 Å². The van der Waals surface area contributed by atoms with Gasteiger partial charge in [-0.15, -0.1) is 0 Å². The van der Waals surface area contributed by atoms with Crippen LogP contribution in [0.5, 0.6) is 0 Å². The highest BCUT2D eigenvalue weighted by molar-refractivity contribution is 6.04. The number of morpholine rings is 1. The van der Waals surface area contributed by atoms with E-state index in [1.54, 1.807) is 36.4 Å². The second-order valence-corrected chi connectivity index (χ2v) is 6.53. The molecule has 0 spiro atoms. The molecule has 2 aromatic carbocycles. The van der Waals surface area contributed by atoms with E-state index in [-0.39, 0.29) is 5.91 Å². The molecule has 6 heteroatoms. The Morgan fingerprint density at radius 1 is 1.22 bits per heavy atom. The van der Waals surface area contributed by atoms with Crippen molar-refractivity contribution in [1.82, 2.24) is 4.90 Å². The summed E-state index contributed by atoms with van der Waals surface area (Å²) in [6.45, 7) is 4.15. The first kappa shape index (κ1) is 19.1. The van der Waals surface area contributed by atoms with Crippen LogP contribution < -0.4 is 5.32 Å². The first-order chi connectivity index (χ1) is 13.2. The molecule has 0 radical (unpaired) electrons. The number of rotatable bonds is 6. The van der Waals surface area contributed by atoms with Crippen LogP contribution >= 0.6 is 0 Å². The molecule has 3 rings (SSSR count). The Kier molecular flexibility index (Phi) is 6.55. The fraction of sp³-hybridized carbons (Fsp3) is 0.333. The molecule has 1 aliphatic heterocycles. The van der Waals surface area contributed by atoms with Crippen LogP contribution in [-0.2, 0) is 4.74 Å². The van der Waals surface area contributed by atoms with Crippen molar-refractivity contribution in [2.24, 2.45) is 0 Å². The maximum Gasteiger partial charge on any atom is 0.255 e. The zero-order valence-electron chi connectivity index (χ0n) is 15.1. The number of ether oxygens (including phenoxy) is 1. The smallest absolute Gasteiger partial charge is 0.255 e. The average Bonchev–Trinajstić information content (AvgIpc) is 2.73. The van der Waals surface area contributed by atoms with Gasteiger partial charge in [-0.3, -0.25) is 9.69 Å². The van der Waals surface area contributed by atoms with Crippen LogP contribution in [0.15, 0.2) is 48.5 Å². The number of carbonyl (C=O) groups is 1. The Bertz CT molecular complexity index is 808. The highest BCUT2D eigenvalue weighted by atomic mass is 16.5. The minimum Gasteiger partial charge on any atom is -0.388 e. The molecule has 0 bridgehead atoms. The number of benzene rings is 2. The number of hydrogen-bond donors (Lipinski definition) is 2. The van der Waals surface area contributed by atoms with E-state index in [2.05, 4.69) is 10.2 Å². The van der Waals surface area contributed by atoms with E-state index in [0.29, 0.717) is 23.2 Å². The van der Waals surface area contributed by atoms with E-state index >= 15 is 0 Å². The molecule has 2 N–H and O–H groups in total. The van der Waals surface area contributed by atoms with Crippen LogP contribution in [0.3, 0.4) is 0 Å². The fourth-order valence-corrected chi connectivity index (χ4v) is 3.02. The lowest BCUT2D eigenvalue weighted by Gasteiger charge is -2.27. The maximum atomic E-state index is 12.3. The van der Waals surface area contributed by atoms with Crippen molar-refractivity contribution in [3.8, 4) is 6.07 Å². The van der Waals surface area contributed by atoms with Crippen molar-refractivity contribution in [1.29, 1.82) is 5.26 Å². The van der Waals surface area contributed by atoms with Gasteiger partial charge in [0.25, 0.3) is 5.91 Å². The summed E-state index contributed by atoms with van der Waals surface area (Å²) in [7, 11) is 0. The summed E-state index contributed by atoms with van der Waals surface area (Å²) in [6, 6.07) is 15.8. The third kappa shape index (κ3) is 5.38. The van der Waals surface area contributed by atoms with Crippen LogP contribution in [0.1, 0.15) is 34.0 Å². The molecule has 1 fully saturated rings. The number of nitriles is 1. The normalized spacial score (nSPS) is 15.7. The predicted molar refractivity (Wildman–Crippen MR) is 102 cm³/mol. The summed E-state index contributed by atoms with van der Waals surface area (Å²) < 4.78 is 5.33. The standard InChI is InChI=1S/C21H23N3O3/c22-15-16-2-1-3-18(14-16)21(26)23-19-6-4-17(5-7-19)20(25)8-9-24-10-12-27-13-11-24/h1-7,14,20,25H,8-13H2,(H,23,26). The number of carbonyl (C=O) groups excluding carboxylic acids is 1. The molecule has 0 saturated carbocycles. The quantitative estimate of drug-likeness (QED) is 0.822. The second-order valence-electron chi connectivity index (χ2n) is 6.53. The number of nitrogens with one attached hydrogen (secondary N) is 1. The SMILES string of the molecule is N#Cc1cccc(C(=O)Nc2ccc(C(O)CCN3CCOCC3)cc2)c1. The lowest BCUT2D eigenvalue weighted by Crippen LogP contribution is -2.37. The largest absolute Gasteiger partial charge is 0.388 e. The van der Waals surface area contributed by atoms with Crippen LogP contribution in [-0.4, -0.2) is 48.8 Å². The Balaban J connectivity index is 1.54. The molecule has 1 amide bonds. The van der Waals surface area contributed by atoms with E-state index < -0.39 is 6.10 Å². The van der Waals surface area contributed by atoms with Crippen LogP contribution in [0.4, 0.5) is 5.69 Å². The Morgan fingerprint density at radius 3 is 2.67 bits per heavy atom. The first-order valence-corrected chi connectivity index (χ1v) is 9.05. The fourth-order valence-electron chi connectivity index (χ4n) is 3.02. The molecule has 6 nitrogen and oxygen atoms in total. The Morgan fingerprint density at radius 2 is 1.96 bits per heavy atom. The van der Waals surface area contributed by atoms with Gasteiger partial charge in [0.15, 0.2) is 0 Å². The van der Waals surface area contributed by atoms with Crippen molar-refractivity contribution >= 4 is 11.6 Å². The maximum absolute atomic E-state index is 12.3. The van der Waals surface area contributed by atoms with Crippen LogP contribution in [0.25, 0.3) is 0 Å². The van der Waals surface area contributed by atoms with Gasteiger partial charge < -0.3 is 15.2 Å². The molecular weight excluding hydrogens is 342 g/mol. The van der Waals surface area contributed by atoms with Crippen LogP contribution in [0.2, 0.25) is 0 Å². The lowest BCUT2D eigenvalue weighted by atomic mass is 10.1. The molecule has 1 unspecified atom stereocenters. The van der Waals surface area contributed by atoms with Crippen molar-refractivity contribution in [2.45, 2.75) is 12.5 Å². The van der Waals surface area contributed by atoms with Gasteiger partial charge in [-0.2, -0.15) is 5.26 Å². The molecule has 140 valence electrons. The molecule has 1 atom stereocenters. The van der Waals surface area contributed by atoms with Crippen molar-refractivity contribution in [3.05, 3.63) is 65.2 Å². The van der Waals surface area contributed by atoms with Crippen molar-refractivity contribution < 1.29 is 14.6 Å². The Hall–Kier alpha value is -2.72. The van der Waals surface area contributed by atoms with Gasteiger partial charge in [0, 0.05) is 30.9 Å². The molecule has 1 saturated heterocycles. The summed E-state index contributed by atoms with van der Waals surface area (Å²) in [5.74, 6) is -0.271. The van der Waals surface area contributed by atoms with Gasteiger partial charge in [-0.25, -0.2) is 0 Å². The van der Waals surface area contributed by atoms with Crippen molar-refractivity contribution in [3.63, 3.8) is 0 Å². The highest BCUT2D eigenvalue weighted by Gasteiger charge is 2.14. The van der Waals surface area contributed by atoms with E-state index in [4.69, 9.17) is 10.00 Å². The van der Waals surface area contributed by atoms with E-state index in [0.717, 1.165) is 38.4 Å². The number of hydrogen-bond acceptors (Lipinski definition) is 5. The van der Waals surface area contributed by atoms with Crippen LogP contribution in [0, 0.1) is 11.3 Å². The molecule has 0 aromatic heterocycles. The number of aliphatic hydroxyl groups is 1. The highest BCUT2D eigenvalue weighted by Crippen LogP contribution is 2.20. The van der Waals surface area contributed by atoms with Gasteiger partial charge in [0.1, 0.15) is 0 Å². The van der Waals surface area contributed by atoms with E-state index in [9.17, 15) is 9.90 Å². The topological polar surface area (TPSA) is 85.6 Å². The third-order valence-corrected chi connectivity index (χ3v) is 4.63. The first-order valence-electron chi connectivity index (χ1n) is 9.05. The van der Waals surface area contributed by atoms with Gasteiger partial charge in [-0.1, -0.05) is 18.2 Å². The summed E-state index contributed by atoms with van der Waals surface area (Å²) >= 11 is 0.